The van der Waals surface area contributed by atoms with Crippen molar-refractivity contribution in [3.63, 3.8) is 0 Å². The number of fused-ring (bicyclic) bond motifs is 1. The average molecular weight is 290 g/mol. The van der Waals surface area contributed by atoms with Gasteiger partial charge in [-0.1, -0.05) is 30.3 Å². The zero-order valence-corrected chi connectivity index (χ0v) is 10.6. The molecule has 0 amide bonds. The zero-order valence-electron chi connectivity index (χ0n) is 10.6. The van der Waals surface area contributed by atoms with Gasteiger partial charge in [-0.2, -0.15) is 13.2 Å². The van der Waals surface area contributed by atoms with Crippen LogP contribution in [0.15, 0.2) is 53.3 Å². The number of aromatic amines is 1. The van der Waals surface area contributed by atoms with Crippen molar-refractivity contribution in [3.8, 4) is 11.4 Å². The summed E-state index contributed by atoms with van der Waals surface area (Å²) >= 11 is 0. The highest BCUT2D eigenvalue weighted by atomic mass is 19.4. The molecule has 0 bridgehead atoms. The van der Waals surface area contributed by atoms with Crippen molar-refractivity contribution >= 4 is 10.9 Å². The van der Waals surface area contributed by atoms with Crippen molar-refractivity contribution in [3.05, 3.63) is 64.4 Å². The minimum Gasteiger partial charge on any atom is -0.306 e. The van der Waals surface area contributed by atoms with Crippen LogP contribution in [0.4, 0.5) is 13.2 Å². The predicted octanol–water partition coefficient (Wildman–Crippen LogP) is 3.61. The van der Waals surface area contributed by atoms with Crippen molar-refractivity contribution in [2.75, 3.05) is 0 Å². The number of rotatable bonds is 1. The Balaban J connectivity index is 2.29. The number of aromatic nitrogens is 2. The molecular formula is C15H9F3N2O. The molecule has 6 heteroatoms. The van der Waals surface area contributed by atoms with E-state index in [1.165, 1.54) is 18.2 Å². The quantitative estimate of drug-likeness (QED) is 0.744. The molecule has 0 spiro atoms. The molecule has 3 rings (SSSR count). The number of hydrogen-bond donors (Lipinski definition) is 1. The number of alkyl halides is 3. The van der Waals surface area contributed by atoms with Gasteiger partial charge in [-0.05, 0) is 18.2 Å². The second kappa shape index (κ2) is 4.73. The van der Waals surface area contributed by atoms with E-state index < -0.39 is 17.3 Å². The van der Waals surface area contributed by atoms with E-state index in [2.05, 4.69) is 9.97 Å². The third kappa shape index (κ3) is 2.40. The third-order valence-electron chi connectivity index (χ3n) is 3.10. The summed E-state index contributed by atoms with van der Waals surface area (Å²) in [5, 5.41) is 0.339. The summed E-state index contributed by atoms with van der Waals surface area (Å²) in [6.07, 6.45) is -4.51. The van der Waals surface area contributed by atoms with Gasteiger partial charge in [0.1, 0.15) is 5.82 Å². The minimum absolute atomic E-state index is 0.0911. The Morgan fingerprint density at radius 2 is 1.62 bits per heavy atom. The van der Waals surface area contributed by atoms with Gasteiger partial charge in [-0.3, -0.25) is 4.79 Å². The lowest BCUT2D eigenvalue weighted by Gasteiger charge is -2.12. The lowest BCUT2D eigenvalue weighted by atomic mass is 10.1. The molecule has 0 aliphatic rings. The molecule has 21 heavy (non-hydrogen) atoms. The lowest BCUT2D eigenvalue weighted by Crippen LogP contribution is -2.12. The first-order valence-electron chi connectivity index (χ1n) is 6.12. The standard InChI is InChI=1S/C15H9F3N2O/c16-15(17,18)11-7-3-1-5-9(11)13-19-12-8-4-2-6-10(12)14(21)20-13/h1-8H,(H,19,20,21). The molecule has 0 aliphatic carbocycles. The fourth-order valence-electron chi connectivity index (χ4n) is 2.15. The van der Waals surface area contributed by atoms with Crippen LogP contribution < -0.4 is 5.56 Å². The minimum atomic E-state index is -4.51. The molecule has 0 unspecified atom stereocenters. The smallest absolute Gasteiger partial charge is 0.306 e. The fourth-order valence-corrected chi connectivity index (χ4v) is 2.15. The van der Waals surface area contributed by atoms with E-state index >= 15 is 0 Å². The molecule has 1 aromatic heterocycles. The predicted molar refractivity (Wildman–Crippen MR) is 72.8 cm³/mol. The highest BCUT2D eigenvalue weighted by Crippen LogP contribution is 2.35. The van der Waals surface area contributed by atoms with Gasteiger partial charge in [0.05, 0.1) is 16.5 Å². The fraction of sp³-hybridized carbons (Fsp3) is 0.0667. The largest absolute Gasteiger partial charge is 0.417 e. The van der Waals surface area contributed by atoms with Gasteiger partial charge in [0.15, 0.2) is 0 Å². The SMILES string of the molecule is O=c1[nH]c(-c2ccccc2C(F)(F)F)nc2ccccc12. The van der Waals surface area contributed by atoms with Crippen LogP contribution in [-0.2, 0) is 6.18 Å². The van der Waals surface area contributed by atoms with E-state index in [0.717, 1.165) is 6.07 Å². The van der Waals surface area contributed by atoms with E-state index in [4.69, 9.17) is 0 Å². The molecule has 1 N–H and O–H groups in total. The number of nitrogens with zero attached hydrogens (tertiary/aromatic N) is 1. The van der Waals surface area contributed by atoms with Crippen molar-refractivity contribution in [2.45, 2.75) is 6.18 Å². The number of H-pyrrole nitrogens is 1. The van der Waals surface area contributed by atoms with Gasteiger partial charge in [0.25, 0.3) is 5.56 Å². The Kier molecular flexibility index (Phi) is 3.01. The Hall–Kier alpha value is -2.63. The van der Waals surface area contributed by atoms with Gasteiger partial charge >= 0.3 is 6.18 Å². The van der Waals surface area contributed by atoms with Crippen LogP contribution in [-0.4, -0.2) is 9.97 Å². The maximum Gasteiger partial charge on any atom is 0.417 e. The maximum absolute atomic E-state index is 13.0. The average Bonchev–Trinajstić information content (AvgIpc) is 2.46. The van der Waals surface area contributed by atoms with Crippen molar-refractivity contribution in [1.29, 1.82) is 0 Å². The Morgan fingerprint density at radius 1 is 0.952 bits per heavy atom. The molecule has 0 saturated carbocycles. The molecule has 106 valence electrons. The summed E-state index contributed by atoms with van der Waals surface area (Å²) in [4.78, 5) is 18.5. The second-order valence-corrected chi connectivity index (χ2v) is 4.48. The first-order valence-corrected chi connectivity index (χ1v) is 6.12. The number of halogens is 3. The highest BCUT2D eigenvalue weighted by Gasteiger charge is 2.33. The van der Waals surface area contributed by atoms with Crippen molar-refractivity contribution in [1.82, 2.24) is 9.97 Å². The molecular weight excluding hydrogens is 281 g/mol. The normalized spacial score (nSPS) is 11.8. The number of nitrogens with one attached hydrogen (secondary N) is 1. The zero-order chi connectivity index (χ0) is 15.0. The van der Waals surface area contributed by atoms with E-state index in [9.17, 15) is 18.0 Å². The molecule has 2 aromatic carbocycles. The number of para-hydroxylation sites is 1. The van der Waals surface area contributed by atoms with Gasteiger partial charge in [0, 0.05) is 5.56 Å². The van der Waals surface area contributed by atoms with Gasteiger partial charge in [0.2, 0.25) is 0 Å². The van der Waals surface area contributed by atoms with Crippen LogP contribution >= 0.6 is 0 Å². The highest BCUT2D eigenvalue weighted by molar-refractivity contribution is 5.79. The van der Waals surface area contributed by atoms with E-state index in [0.29, 0.717) is 10.9 Å². The summed E-state index contributed by atoms with van der Waals surface area (Å²) in [7, 11) is 0. The van der Waals surface area contributed by atoms with Crippen LogP contribution in [0.2, 0.25) is 0 Å². The van der Waals surface area contributed by atoms with E-state index in [-0.39, 0.29) is 11.4 Å². The molecule has 1 heterocycles. The van der Waals surface area contributed by atoms with Crippen molar-refractivity contribution < 1.29 is 13.2 Å². The molecule has 0 aliphatic heterocycles. The van der Waals surface area contributed by atoms with Crippen molar-refractivity contribution in [2.24, 2.45) is 0 Å². The summed E-state index contributed by atoms with van der Waals surface area (Å²) in [6.45, 7) is 0. The van der Waals surface area contributed by atoms with Crippen LogP contribution in [0, 0.1) is 0 Å². The summed E-state index contributed by atoms with van der Waals surface area (Å²) in [5.74, 6) is -0.0911. The lowest BCUT2D eigenvalue weighted by molar-refractivity contribution is -0.137. The first-order chi connectivity index (χ1) is 9.97. The monoisotopic (exact) mass is 290 g/mol. The molecule has 3 nitrogen and oxygen atoms in total. The first kappa shape index (κ1) is 13.4. The Morgan fingerprint density at radius 3 is 2.38 bits per heavy atom. The molecule has 0 atom stereocenters. The van der Waals surface area contributed by atoms with Gasteiger partial charge in [-0.15, -0.1) is 0 Å². The maximum atomic E-state index is 13.0. The summed E-state index contributed by atoms with van der Waals surface area (Å²) in [6, 6.07) is 11.5. The topological polar surface area (TPSA) is 45.8 Å². The molecule has 0 fully saturated rings. The second-order valence-electron chi connectivity index (χ2n) is 4.48. The van der Waals surface area contributed by atoms with E-state index in [1.54, 1.807) is 24.3 Å². The molecule has 3 aromatic rings. The molecule has 0 saturated heterocycles. The summed E-state index contributed by atoms with van der Waals surface area (Å²) in [5.41, 5.74) is -1.09. The third-order valence-corrected chi connectivity index (χ3v) is 3.10. The van der Waals surface area contributed by atoms with Gasteiger partial charge < -0.3 is 4.98 Å². The van der Waals surface area contributed by atoms with Crippen LogP contribution in [0.3, 0.4) is 0 Å². The summed E-state index contributed by atoms with van der Waals surface area (Å²) < 4.78 is 39.1. The van der Waals surface area contributed by atoms with Crippen LogP contribution in [0.1, 0.15) is 5.56 Å². The van der Waals surface area contributed by atoms with Crippen LogP contribution in [0.25, 0.3) is 22.3 Å². The number of benzene rings is 2. The Bertz CT molecular complexity index is 868. The Labute approximate surface area is 117 Å². The molecule has 0 radical (unpaired) electrons. The number of hydrogen-bond acceptors (Lipinski definition) is 2. The van der Waals surface area contributed by atoms with Gasteiger partial charge in [-0.25, -0.2) is 4.98 Å². The van der Waals surface area contributed by atoms with E-state index in [1.807, 2.05) is 0 Å². The van der Waals surface area contributed by atoms with Crippen LogP contribution in [0.5, 0.6) is 0 Å².